The molecule has 0 unspecified atom stereocenters. The first kappa shape index (κ1) is 20.6. The van der Waals surface area contributed by atoms with Gasteiger partial charge in [0.25, 0.3) is 16.0 Å². The van der Waals surface area contributed by atoms with Gasteiger partial charge >= 0.3 is 5.97 Å². The van der Waals surface area contributed by atoms with Crippen LogP contribution in [-0.2, 0) is 21.3 Å². The predicted octanol–water partition coefficient (Wildman–Crippen LogP) is 2.38. The van der Waals surface area contributed by atoms with Crippen molar-refractivity contribution in [3.8, 4) is 11.1 Å². The fourth-order valence-electron chi connectivity index (χ4n) is 2.77. The highest BCUT2D eigenvalue weighted by atomic mass is 32.2. The van der Waals surface area contributed by atoms with Crippen LogP contribution in [0.15, 0.2) is 48.5 Å². The third kappa shape index (κ3) is 5.63. The molecule has 0 aromatic heterocycles. The molecule has 2 aromatic carbocycles. The lowest BCUT2D eigenvalue weighted by molar-refractivity contribution is -0.139. The highest BCUT2D eigenvalue weighted by Crippen LogP contribution is 2.27. The molecule has 0 aliphatic carbocycles. The van der Waals surface area contributed by atoms with Gasteiger partial charge in [-0.3, -0.25) is 9.35 Å². The molecule has 1 atom stereocenters. The van der Waals surface area contributed by atoms with E-state index in [0.29, 0.717) is 5.56 Å². The molecule has 0 bridgehead atoms. The van der Waals surface area contributed by atoms with Crippen LogP contribution in [0.3, 0.4) is 0 Å². The Bertz CT molecular complexity index is 939. The summed E-state index contributed by atoms with van der Waals surface area (Å²) < 4.78 is 30.6. The van der Waals surface area contributed by atoms with Gasteiger partial charge in [-0.05, 0) is 35.6 Å². The SMILES string of the molecule is CCc1ccccc1-c1ccccc1C(=O)N[C@@H](CCS(=O)(=O)O)C(=O)O. The maximum absolute atomic E-state index is 12.7. The Morgan fingerprint density at radius 1 is 1.04 bits per heavy atom. The third-order valence-electron chi connectivity index (χ3n) is 4.13. The molecule has 0 aliphatic rings. The Balaban J connectivity index is 2.32. The lowest BCUT2D eigenvalue weighted by Crippen LogP contribution is -2.42. The van der Waals surface area contributed by atoms with Crippen LogP contribution >= 0.6 is 0 Å². The molecule has 0 fully saturated rings. The van der Waals surface area contributed by atoms with Gasteiger partial charge in [-0.1, -0.05) is 49.4 Å². The number of benzene rings is 2. The Hall–Kier alpha value is -2.71. The minimum Gasteiger partial charge on any atom is -0.480 e. The van der Waals surface area contributed by atoms with Crippen molar-refractivity contribution in [1.82, 2.24) is 5.32 Å². The van der Waals surface area contributed by atoms with E-state index in [1.807, 2.05) is 31.2 Å². The summed E-state index contributed by atoms with van der Waals surface area (Å²) in [5, 5.41) is 11.6. The maximum Gasteiger partial charge on any atom is 0.326 e. The topological polar surface area (TPSA) is 121 Å². The van der Waals surface area contributed by atoms with E-state index in [-0.39, 0.29) is 5.56 Å². The molecule has 0 spiro atoms. The number of rotatable bonds is 8. The zero-order valence-corrected chi connectivity index (χ0v) is 15.6. The summed E-state index contributed by atoms with van der Waals surface area (Å²) >= 11 is 0. The van der Waals surface area contributed by atoms with Crippen molar-refractivity contribution in [3.05, 3.63) is 59.7 Å². The molecule has 0 saturated heterocycles. The fraction of sp³-hybridized carbons (Fsp3) is 0.263. The molecule has 2 aromatic rings. The molecule has 3 N–H and O–H groups in total. The van der Waals surface area contributed by atoms with Gasteiger partial charge in [0, 0.05) is 5.56 Å². The molecule has 0 radical (unpaired) electrons. The van der Waals surface area contributed by atoms with Crippen molar-refractivity contribution in [2.75, 3.05) is 5.75 Å². The van der Waals surface area contributed by atoms with E-state index in [0.717, 1.165) is 17.5 Å². The summed E-state index contributed by atoms with van der Waals surface area (Å²) in [6, 6.07) is 13.0. The van der Waals surface area contributed by atoms with Crippen LogP contribution in [0.5, 0.6) is 0 Å². The largest absolute Gasteiger partial charge is 0.480 e. The molecular weight excluding hydrogens is 370 g/mol. The second-order valence-electron chi connectivity index (χ2n) is 6.00. The average Bonchev–Trinajstić information content (AvgIpc) is 2.63. The number of carbonyl (C=O) groups is 2. The van der Waals surface area contributed by atoms with Gasteiger partial charge in [-0.2, -0.15) is 8.42 Å². The average molecular weight is 391 g/mol. The number of amides is 1. The quantitative estimate of drug-likeness (QED) is 0.594. The monoisotopic (exact) mass is 391 g/mol. The Morgan fingerprint density at radius 2 is 1.63 bits per heavy atom. The number of hydrogen-bond donors (Lipinski definition) is 3. The summed E-state index contributed by atoms with van der Waals surface area (Å²) in [5.41, 5.74) is 2.86. The lowest BCUT2D eigenvalue weighted by atomic mass is 9.94. The van der Waals surface area contributed by atoms with Gasteiger partial charge in [0.15, 0.2) is 0 Å². The highest BCUT2D eigenvalue weighted by Gasteiger charge is 2.24. The number of aryl methyl sites for hydroxylation is 1. The van der Waals surface area contributed by atoms with Crippen molar-refractivity contribution in [3.63, 3.8) is 0 Å². The van der Waals surface area contributed by atoms with Crippen LogP contribution in [0.4, 0.5) is 0 Å². The van der Waals surface area contributed by atoms with Crippen LogP contribution in [0.2, 0.25) is 0 Å². The van der Waals surface area contributed by atoms with E-state index < -0.39 is 40.2 Å². The maximum atomic E-state index is 12.7. The van der Waals surface area contributed by atoms with Gasteiger partial charge in [-0.15, -0.1) is 0 Å². The molecular formula is C19H21NO6S. The molecule has 27 heavy (non-hydrogen) atoms. The van der Waals surface area contributed by atoms with Crippen molar-refractivity contribution in [2.45, 2.75) is 25.8 Å². The molecule has 1 amide bonds. The summed E-state index contributed by atoms with van der Waals surface area (Å²) in [6.45, 7) is 2.00. The number of carbonyl (C=O) groups excluding carboxylic acids is 1. The molecule has 7 nitrogen and oxygen atoms in total. The van der Waals surface area contributed by atoms with E-state index in [1.165, 1.54) is 0 Å². The van der Waals surface area contributed by atoms with E-state index in [9.17, 15) is 23.1 Å². The second-order valence-corrected chi connectivity index (χ2v) is 7.57. The van der Waals surface area contributed by atoms with E-state index >= 15 is 0 Å². The van der Waals surface area contributed by atoms with Crippen LogP contribution in [0.1, 0.15) is 29.3 Å². The van der Waals surface area contributed by atoms with Crippen molar-refractivity contribution >= 4 is 22.0 Å². The lowest BCUT2D eigenvalue weighted by Gasteiger charge is -2.17. The van der Waals surface area contributed by atoms with Gasteiger partial charge < -0.3 is 10.4 Å². The van der Waals surface area contributed by atoms with Crippen LogP contribution in [-0.4, -0.2) is 41.7 Å². The van der Waals surface area contributed by atoms with Gasteiger partial charge in [0.2, 0.25) is 0 Å². The van der Waals surface area contributed by atoms with E-state index in [4.69, 9.17) is 4.55 Å². The van der Waals surface area contributed by atoms with Crippen molar-refractivity contribution < 1.29 is 27.7 Å². The Labute approximate surface area is 157 Å². The summed E-state index contributed by atoms with van der Waals surface area (Å²) in [4.78, 5) is 24.0. The molecule has 0 heterocycles. The van der Waals surface area contributed by atoms with E-state index in [2.05, 4.69) is 5.32 Å². The number of aliphatic carboxylic acids is 1. The first-order chi connectivity index (χ1) is 12.7. The number of carboxylic acid groups (broad SMARTS) is 1. The Morgan fingerprint density at radius 3 is 2.22 bits per heavy atom. The minimum absolute atomic E-state index is 0.288. The fourth-order valence-corrected chi connectivity index (χ4v) is 3.30. The second kappa shape index (κ2) is 8.79. The van der Waals surface area contributed by atoms with Crippen LogP contribution in [0, 0.1) is 0 Å². The summed E-state index contributed by atoms with van der Waals surface area (Å²) in [7, 11) is -4.33. The number of hydrogen-bond acceptors (Lipinski definition) is 4. The van der Waals surface area contributed by atoms with Gasteiger partial charge in [0.1, 0.15) is 6.04 Å². The summed E-state index contributed by atoms with van der Waals surface area (Å²) in [5.74, 6) is -2.76. The molecule has 144 valence electrons. The van der Waals surface area contributed by atoms with Gasteiger partial charge in [0.05, 0.1) is 5.75 Å². The van der Waals surface area contributed by atoms with Crippen molar-refractivity contribution in [2.24, 2.45) is 0 Å². The van der Waals surface area contributed by atoms with E-state index in [1.54, 1.807) is 24.3 Å². The van der Waals surface area contributed by atoms with Crippen LogP contribution in [0.25, 0.3) is 11.1 Å². The first-order valence-corrected chi connectivity index (χ1v) is 10.00. The summed E-state index contributed by atoms with van der Waals surface area (Å²) in [6.07, 6.45) is 0.325. The first-order valence-electron chi connectivity index (χ1n) is 8.39. The number of carboxylic acids is 1. The molecule has 0 aliphatic heterocycles. The smallest absolute Gasteiger partial charge is 0.326 e. The molecule has 0 saturated carbocycles. The van der Waals surface area contributed by atoms with Gasteiger partial charge in [-0.25, -0.2) is 4.79 Å². The molecule has 2 rings (SSSR count). The standard InChI is InChI=1S/C19H21NO6S/c1-2-13-7-3-4-8-14(13)15-9-5-6-10-16(15)18(21)20-17(19(22)23)11-12-27(24,25)26/h3-10,17H,2,11-12H2,1H3,(H,20,21)(H,22,23)(H,24,25,26)/t17-/m0/s1. The third-order valence-corrected chi connectivity index (χ3v) is 4.88. The predicted molar refractivity (Wildman–Crippen MR) is 101 cm³/mol. The Kier molecular flexibility index (Phi) is 6.70. The normalized spacial score (nSPS) is 12.4. The zero-order valence-electron chi connectivity index (χ0n) is 14.8. The minimum atomic E-state index is -4.33. The molecule has 8 heteroatoms. The van der Waals surface area contributed by atoms with Crippen molar-refractivity contribution in [1.29, 1.82) is 0 Å². The highest BCUT2D eigenvalue weighted by molar-refractivity contribution is 7.85. The van der Waals surface area contributed by atoms with Crippen LogP contribution < -0.4 is 5.32 Å². The number of nitrogens with one attached hydrogen (secondary N) is 1. The zero-order chi connectivity index (χ0) is 20.0.